The maximum absolute atomic E-state index is 12.6. The fourth-order valence-corrected chi connectivity index (χ4v) is 3.89. The third-order valence-electron chi connectivity index (χ3n) is 4.42. The number of hydrogen-bond acceptors (Lipinski definition) is 3. The van der Waals surface area contributed by atoms with Gasteiger partial charge in [-0.3, -0.25) is 4.79 Å². The van der Waals surface area contributed by atoms with Crippen LogP contribution in [0.1, 0.15) is 38.3 Å². The molecule has 23 heavy (non-hydrogen) atoms. The second kappa shape index (κ2) is 7.45. The highest BCUT2D eigenvalue weighted by Crippen LogP contribution is 2.24. The number of piperidine rings is 1. The van der Waals surface area contributed by atoms with Gasteiger partial charge < -0.3 is 5.32 Å². The van der Waals surface area contributed by atoms with Crippen LogP contribution in [0.3, 0.4) is 0 Å². The lowest BCUT2D eigenvalue weighted by atomic mass is 9.93. The lowest BCUT2D eigenvalue weighted by Gasteiger charge is -2.31. The number of benzene rings is 1. The minimum Gasteiger partial charge on any atom is -0.349 e. The Morgan fingerprint density at radius 3 is 2.22 bits per heavy atom. The van der Waals surface area contributed by atoms with Crippen molar-refractivity contribution in [3.05, 3.63) is 35.9 Å². The largest absolute Gasteiger partial charge is 0.349 e. The van der Waals surface area contributed by atoms with E-state index in [1.54, 1.807) is 0 Å². The van der Waals surface area contributed by atoms with Gasteiger partial charge in [0.25, 0.3) is 0 Å². The molecule has 1 aliphatic heterocycles. The highest BCUT2D eigenvalue weighted by atomic mass is 32.2. The SMILES string of the molecule is CC(C)C(NC(=O)C1CCN(S(C)(=O)=O)CC1)c1ccccc1. The van der Waals surface area contributed by atoms with Gasteiger partial charge in [0.1, 0.15) is 0 Å². The predicted octanol–water partition coefficient (Wildman–Crippen LogP) is 2.17. The molecule has 1 saturated heterocycles. The van der Waals surface area contributed by atoms with Gasteiger partial charge in [-0.2, -0.15) is 0 Å². The zero-order chi connectivity index (χ0) is 17.0. The summed E-state index contributed by atoms with van der Waals surface area (Å²) in [5.41, 5.74) is 1.10. The molecule has 0 aromatic heterocycles. The molecule has 1 aromatic carbocycles. The minimum absolute atomic E-state index is 0.0170. The third-order valence-corrected chi connectivity index (χ3v) is 5.72. The Hall–Kier alpha value is -1.40. The Kier molecular flexibility index (Phi) is 5.81. The molecular formula is C17H26N2O3S. The Labute approximate surface area is 139 Å². The number of carbonyl (C=O) groups excluding carboxylic acids is 1. The number of carbonyl (C=O) groups is 1. The quantitative estimate of drug-likeness (QED) is 0.895. The molecule has 0 aliphatic carbocycles. The van der Waals surface area contributed by atoms with Crippen LogP contribution in [-0.4, -0.2) is 38.0 Å². The van der Waals surface area contributed by atoms with E-state index in [1.165, 1.54) is 10.6 Å². The summed E-state index contributed by atoms with van der Waals surface area (Å²) in [7, 11) is -3.15. The number of nitrogens with zero attached hydrogens (tertiary/aromatic N) is 1. The van der Waals surface area contributed by atoms with Gasteiger partial charge in [-0.15, -0.1) is 0 Å². The average molecular weight is 338 g/mol. The van der Waals surface area contributed by atoms with Gasteiger partial charge in [0.05, 0.1) is 12.3 Å². The second-order valence-electron chi connectivity index (χ2n) is 6.58. The first-order valence-corrected chi connectivity index (χ1v) is 9.94. The number of hydrogen-bond donors (Lipinski definition) is 1. The van der Waals surface area contributed by atoms with Crippen LogP contribution < -0.4 is 5.32 Å². The fourth-order valence-electron chi connectivity index (χ4n) is 3.02. The van der Waals surface area contributed by atoms with E-state index in [1.807, 2.05) is 30.3 Å². The molecule has 1 aliphatic rings. The van der Waals surface area contributed by atoms with Crippen LogP contribution in [0.25, 0.3) is 0 Å². The zero-order valence-electron chi connectivity index (χ0n) is 14.0. The summed E-state index contributed by atoms with van der Waals surface area (Å²) in [5.74, 6) is 0.205. The number of nitrogens with one attached hydrogen (secondary N) is 1. The van der Waals surface area contributed by atoms with Crippen LogP contribution in [-0.2, 0) is 14.8 Å². The predicted molar refractivity (Wildman–Crippen MR) is 91.3 cm³/mol. The van der Waals surface area contributed by atoms with Crippen molar-refractivity contribution in [2.45, 2.75) is 32.7 Å². The van der Waals surface area contributed by atoms with Gasteiger partial charge in [0.2, 0.25) is 15.9 Å². The van der Waals surface area contributed by atoms with Crippen LogP contribution in [0.5, 0.6) is 0 Å². The van der Waals surface area contributed by atoms with Gasteiger partial charge in [-0.1, -0.05) is 44.2 Å². The summed E-state index contributed by atoms with van der Waals surface area (Å²) in [4.78, 5) is 12.6. The Bertz CT molecular complexity index is 620. The molecule has 1 atom stereocenters. The van der Waals surface area contributed by atoms with Crippen molar-refractivity contribution in [3.63, 3.8) is 0 Å². The normalized spacial score (nSPS) is 18.8. The number of rotatable bonds is 5. The molecule has 0 saturated carbocycles. The lowest BCUT2D eigenvalue weighted by Crippen LogP contribution is -2.44. The summed E-state index contributed by atoms with van der Waals surface area (Å²) in [5, 5.41) is 3.15. The molecule has 0 spiro atoms. The Morgan fingerprint density at radius 2 is 1.74 bits per heavy atom. The van der Waals surface area contributed by atoms with Crippen molar-refractivity contribution in [1.29, 1.82) is 0 Å². The van der Waals surface area contributed by atoms with Crippen molar-refractivity contribution < 1.29 is 13.2 Å². The van der Waals surface area contributed by atoms with E-state index in [4.69, 9.17) is 0 Å². The van der Waals surface area contributed by atoms with E-state index in [0.717, 1.165) is 5.56 Å². The van der Waals surface area contributed by atoms with E-state index in [0.29, 0.717) is 25.9 Å². The Morgan fingerprint density at radius 1 is 1.17 bits per heavy atom. The van der Waals surface area contributed by atoms with E-state index < -0.39 is 10.0 Å². The summed E-state index contributed by atoms with van der Waals surface area (Å²) < 4.78 is 24.5. The van der Waals surface area contributed by atoms with Gasteiger partial charge in [0.15, 0.2) is 0 Å². The van der Waals surface area contributed by atoms with E-state index in [2.05, 4.69) is 19.2 Å². The molecule has 6 heteroatoms. The summed E-state index contributed by atoms with van der Waals surface area (Å²) in [6.07, 6.45) is 2.38. The van der Waals surface area contributed by atoms with E-state index in [9.17, 15) is 13.2 Å². The van der Waals surface area contributed by atoms with Crippen LogP contribution in [0.15, 0.2) is 30.3 Å². The Balaban J connectivity index is 1.98. The molecule has 1 fully saturated rings. The molecule has 1 N–H and O–H groups in total. The molecule has 5 nitrogen and oxygen atoms in total. The molecule has 1 heterocycles. The molecule has 0 radical (unpaired) electrons. The maximum Gasteiger partial charge on any atom is 0.223 e. The van der Waals surface area contributed by atoms with Gasteiger partial charge in [-0.25, -0.2) is 12.7 Å². The highest BCUT2D eigenvalue weighted by molar-refractivity contribution is 7.88. The standard InChI is InChI=1S/C17H26N2O3S/c1-13(2)16(14-7-5-4-6-8-14)18-17(20)15-9-11-19(12-10-15)23(3,21)22/h4-8,13,15-16H,9-12H2,1-3H3,(H,18,20). The van der Waals surface area contributed by atoms with E-state index in [-0.39, 0.29) is 23.8 Å². The summed E-state index contributed by atoms with van der Waals surface area (Å²) in [6, 6.07) is 9.94. The molecule has 0 bridgehead atoms. The number of amides is 1. The van der Waals surface area contributed by atoms with Gasteiger partial charge in [0, 0.05) is 19.0 Å². The summed E-state index contributed by atoms with van der Waals surface area (Å²) in [6.45, 7) is 5.03. The number of sulfonamides is 1. The topological polar surface area (TPSA) is 66.5 Å². The summed E-state index contributed by atoms with van der Waals surface area (Å²) >= 11 is 0. The van der Waals surface area contributed by atoms with Crippen molar-refractivity contribution in [2.75, 3.05) is 19.3 Å². The van der Waals surface area contributed by atoms with Crippen molar-refractivity contribution in [2.24, 2.45) is 11.8 Å². The van der Waals surface area contributed by atoms with Crippen LogP contribution in [0, 0.1) is 11.8 Å². The van der Waals surface area contributed by atoms with Crippen molar-refractivity contribution >= 4 is 15.9 Å². The monoisotopic (exact) mass is 338 g/mol. The second-order valence-corrected chi connectivity index (χ2v) is 8.56. The first kappa shape index (κ1) is 17.9. The molecule has 128 valence electrons. The molecule has 2 rings (SSSR count). The fraction of sp³-hybridized carbons (Fsp3) is 0.588. The van der Waals surface area contributed by atoms with Gasteiger partial charge >= 0.3 is 0 Å². The molecule has 1 aromatic rings. The van der Waals surface area contributed by atoms with Crippen LogP contribution in [0.2, 0.25) is 0 Å². The maximum atomic E-state index is 12.6. The minimum atomic E-state index is -3.15. The average Bonchev–Trinajstić information content (AvgIpc) is 2.52. The zero-order valence-corrected chi connectivity index (χ0v) is 14.8. The van der Waals surface area contributed by atoms with Crippen molar-refractivity contribution in [1.82, 2.24) is 9.62 Å². The third kappa shape index (κ3) is 4.78. The first-order valence-electron chi connectivity index (χ1n) is 8.09. The van der Waals surface area contributed by atoms with Crippen LogP contribution in [0.4, 0.5) is 0 Å². The molecule has 1 amide bonds. The first-order chi connectivity index (χ1) is 10.8. The van der Waals surface area contributed by atoms with Crippen LogP contribution >= 0.6 is 0 Å². The van der Waals surface area contributed by atoms with E-state index >= 15 is 0 Å². The molecular weight excluding hydrogens is 312 g/mol. The van der Waals surface area contributed by atoms with Gasteiger partial charge in [-0.05, 0) is 24.3 Å². The highest BCUT2D eigenvalue weighted by Gasteiger charge is 2.30. The molecule has 1 unspecified atom stereocenters. The lowest BCUT2D eigenvalue weighted by molar-refractivity contribution is -0.127. The van der Waals surface area contributed by atoms with Crippen molar-refractivity contribution in [3.8, 4) is 0 Å². The smallest absolute Gasteiger partial charge is 0.223 e.